The Bertz CT molecular complexity index is 501. The van der Waals surface area contributed by atoms with Crippen molar-refractivity contribution in [3.63, 3.8) is 0 Å². The number of amides is 1. The number of rotatable bonds is 2. The molecule has 2 rings (SSSR count). The highest BCUT2D eigenvalue weighted by atomic mass is 16.6. The van der Waals surface area contributed by atoms with Gasteiger partial charge in [0.1, 0.15) is 5.69 Å². The standard InChI is InChI=1S/C12H18N4O3/c1-8-5-15(6-9(2)13-8)12(17)11-4-10(16(18)19)7-14(11)3/h4,7-9,13H,5-6H2,1-3H3. The molecule has 104 valence electrons. The molecule has 0 aromatic carbocycles. The predicted molar refractivity (Wildman–Crippen MR) is 70.0 cm³/mol. The summed E-state index contributed by atoms with van der Waals surface area (Å²) < 4.78 is 1.51. The van der Waals surface area contributed by atoms with Gasteiger partial charge in [0.15, 0.2) is 0 Å². The van der Waals surface area contributed by atoms with Crippen LogP contribution in [0.2, 0.25) is 0 Å². The van der Waals surface area contributed by atoms with E-state index >= 15 is 0 Å². The number of aryl methyl sites for hydroxylation is 1. The number of carbonyl (C=O) groups excluding carboxylic acids is 1. The maximum atomic E-state index is 12.4. The van der Waals surface area contributed by atoms with Crippen molar-refractivity contribution < 1.29 is 9.72 Å². The summed E-state index contributed by atoms with van der Waals surface area (Å²) in [7, 11) is 1.65. The maximum absolute atomic E-state index is 12.4. The molecule has 2 atom stereocenters. The molecule has 0 aliphatic carbocycles. The molecule has 7 heteroatoms. The van der Waals surface area contributed by atoms with Gasteiger partial charge in [0.05, 0.1) is 11.1 Å². The molecule has 1 saturated heterocycles. The van der Waals surface area contributed by atoms with Crippen molar-refractivity contribution >= 4 is 11.6 Å². The van der Waals surface area contributed by atoms with Crippen molar-refractivity contribution in [3.8, 4) is 0 Å². The molecule has 0 saturated carbocycles. The Morgan fingerprint density at radius 1 is 1.42 bits per heavy atom. The Hall–Kier alpha value is -1.89. The minimum Gasteiger partial charge on any atom is -0.340 e. The summed E-state index contributed by atoms with van der Waals surface area (Å²) in [5.41, 5.74) is 0.301. The maximum Gasteiger partial charge on any atom is 0.287 e. The third-order valence-corrected chi connectivity index (χ3v) is 3.27. The third kappa shape index (κ3) is 2.76. The lowest BCUT2D eigenvalue weighted by molar-refractivity contribution is -0.384. The van der Waals surface area contributed by atoms with Gasteiger partial charge in [-0.05, 0) is 13.8 Å². The highest BCUT2D eigenvalue weighted by Gasteiger charge is 2.28. The lowest BCUT2D eigenvalue weighted by Gasteiger charge is -2.36. The molecule has 1 amide bonds. The van der Waals surface area contributed by atoms with E-state index < -0.39 is 4.92 Å². The highest BCUT2D eigenvalue weighted by Crippen LogP contribution is 2.18. The monoisotopic (exact) mass is 266 g/mol. The van der Waals surface area contributed by atoms with Gasteiger partial charge in [-0.1, -0.05) is 0 Å². The summed E-state index contributed by atoms with van der Waals surface area (Å²) in [4.78, 5) is 24.4. The van der Waals surface area contributed by atoms with E-state index in [9.17, 15) is 14.9 Å². The van der Waals surface area contributed by atoms with E-state index in [0.717, 1.165) is 0 Å². The lowest BCUT2D eigenvalue weighted by Crippen LogP contribution is -2.56. The van der Waals surface area contributed by atoms with Gasteiger partial charge in [-0.15, -0.1) is 0 Å². The fourth-order valence-electron chi connectivity index (χ4n) is 2.51. The third-order valence-electron chi connectivity index (χ3n) is 3.27. The summed E-state index contributed by atoms with van der Waals surface area (Å²) in [6.45, 7) is 5.26. The number of carbonyl (C=O) groups is 1. The molecule has 7 nitrogen and oxygen atoms in total. The van der Waals surface area contributed by atoms with Gasteiger partial charge in [0, 0.05) is 38.3 Å². The molecule has 1 N–H and O–H groups in total. The Balaban J connectivity index is 2.21. The van der Waals surface area contributed by atoms with Crippen molar-refractivity contribution in [2.45, 2.75) is 25.9 Å². The quantitative estimate of drug-likeness (QED) is 0.633. The van der Waals surface area contributed by atoms with E-state index in [2.05, 4.69) is 5.32 Å². The fourth-order valence-corrected chi connectivity index (χ4v) is 2.51. The summed E-state index contributed by atoms with van der Waals surface area (Å²) in [5.74, 6) is -0.157. The van der Waals surface area contributed by atoms with E-state index in [0.29, 0.717) is 18.8 Å². The molecule has 1 aliphatic heterocycles. The highest BCUT2D eigenvalue weighted by molar-refractivity contribution is 5.93. The second kappa shape index (κ2) is 5.00. The Labute approximate surface area is 111 Å². The first kappa shape index (κ1) is 13.5. The summed E-state index contributed by atoms with van der Waals surface area (Å²) in [6, 6.07) is 1.78. The molecule has 0 spiro atoms. The van der Waals surface area contributed by atoms with Crippen molar-refractivity contribution in [1.29, 1.82) is 0 Å². The van der Waals surface area contributed by atoms with Crippen molar-refractivity contribution in [2.75, 3.05) is 13.1 Å². The minimum atomic E-state index is -0.486. The first-order valence-electron chi connectivity index (χ1n) is 6.24. The Morgan fingerprint density at radius 3 is 2.47 bits per heavy atom. The van der Waals surface area contributed by atoms with Crippen LogP contribution in [0.5, 0.6) is 0 Å². The molecular formula is C12H18N4O3. The van der Waals surface area contributed by atoms with Crippen LogP contribution in [0.4, 0.5) is 5.69 Å². The number of nitro groups is 1. The smallest absolute Gasteiger partial charge is 0.287 e. The molecule has 1 fully saturated rings. The van der Waals surface area contributed by atoms with E-state index in [1.807, 2.05) is 13.8 Å². The second-order valence-electron chi connectivity index (χ2n) is 5.13. The predicted octanol–water partition coefficient (Wildman–Crippen LogP) is 0.756. The SMILES string of the molecule is CC1CN(C(=O)c2cc([N+](=O)[O-])cn2C)CC(C)N1. The van der Waals surface area contributed by atoms with Crippen LogP contribution in [-0.4, -0.2) is 45.5 Å². The van der Waals surface area contributed by atoms with Gasteiger partial charge in [-0.25, -0.2) is 0 Å². The Kier molecular flexibility index (Phi) is 3.57. The van der Waals surface area contributed by atoms with Crippen molar-refractivity contribution in [3.05, 3.63) is 28.1 Å². The summed E-state index contributed by atoms with van der Waals surface area (Å²) in [5, 5.41) is 14.1. The van der Waals surface area contributed by atoms with Crippen LogP contribution in [0.1, 0.15) is 24.3 Å². The summed E-state index contributed by atoms with van der Waals surface area (Å²) in [6.07, 6.45) is 1.36. The topological polar surface area (TPSA) is 80.4 Å². The van der Waals surface area contributed by atoms with Crippen LogP contribution in [-0.2, 0) is 7.05 Å². The van der Waals surface area contributed by atoms with E-state index in [1.54, 1.807) is 11.9 Å². The molecule has 1 aliphatic rings. The molecule has 0 bridgehead atoms. The zero-order valence-electron chi connectivity index (χ0n) is 11.3. The molecule has 2 heterocycles. The van der Waals surface area contributed by atoms with Gasteiger partial charge in [-0.3, -0.25) is 14.9 Å². The number of hydrogen-bond acceptors (Lipinski definition) is 4. The van der Waals surface area contributed by atoms with Crippen LogP contribution in [0.3, 0.4) is 0 Å². The van der Waals surface area contributed by atoms with Crippen LogP contribution in [0.15, 0.2) is 12.3 Å². The number of hydrogen-bond donors (Lipinski definition) is 1. The number of aromatic nitrogens is 1. The van der Waals surface area contributed by atoms with Crippen LogP contribution >= 0.6 is 0 Å². The van der Waals surface area contributed by atoms with Crippen LogP contribution in [0, 0.1) is 10.1 Å². The van der Waals surface area contributed by atoms with Gasteiger partial charge in [0.25, 0.3) is 11.6 Å². The number of nitrogens with one attached hydrogen (secondary N) is 1. The zero-order chi connectivity index (χ0) is 14.2. The van der Waals surface area contributed by atoms with Crippen molar-refractivity contribution in [2.24, 2.45) is 7.05 Å². The number of nitrogens with zero attached hydrogens (tertiary/aromatic N) is 3. The lowest BCUT2D eigenvalue weighted by atomic mass is 10.1. The van der Waals surface area contributed by atoms with Gasteiger partial charge in [0.2, 0.25) is 0 Å². The normalized spacial score (nSPS) is 23.4. The summed E-state index contributed by atoms with van der Waals surface area (Å²) >= 11 is 0. The molecule has 1 aromatic rings. The first-order chi connectivity index (χ1) is 8.88. The Morgan fingerprint density at radius 2 is 2.00 bits per heavy atom. The van der Waals surface area contributed by atoms with Gasteiger partial charge in [-0.2, -0.15) is 0 Å². The van der Waals surface area contributed by atoms with Gasteiger partial charge < -0.3 is 14.8 Å². The molecule has 19 heavy (non-hydrogen) atoms. The molecular weight excluding hydrogens is 248 g/mol. The van der Waals surface area contributed by atoms with Gasteiger partial charge >= 0.3 is 0 Å². The van der Waals surface area contributed by atoms with Crippen LogP contribution < -0.4 is 5.32 Å². The van der Waals surface area contributed by atoms with Crippen LogP contribution in [0.25, 0.3) is 0 Å². The zero-order valence-corrected chi connectivity index (χ0v) is 11.3. The largest absolute Gasteiger partial charge is 0.340 e. The molecule has 0 radical (unpaired) electrons. The van der Waals surface area contributed by atoms with Crippen molar-refractivity contribution in [1.82, 2.24) is 14.8 Å². The van der Waals surface area contributed by atoms with E-state index in [4.69, 9.17) is 0 Å². The second-order valence-corrected chi connectivity index (χ2v) is 5.13. The average molecular weight is 266 g/mol. The van der Waals surface area contributed by atoms with E-state index in [1.165, 1.54) is 16.8 Å². The fraction of sp³-hybridized carbons (Fsp3) is 0.583. The van der Waals surface area contributed by atoms with E-state index in [-0.39, 0.29) is 23.7 Å². The average Bonchev–Trinajstić information content (AvgIpc) is 2.69. The molecule has 2 unspecified atom stereocenters. The molecule has 1 aromatic heterocycles. The minimum absolute atomic E-state index is 0.0536. The first-order valence-corrected chi connectivity index (χ1v) is 6.24. The number of piperazine rings is 1.